The molecule has 0 radical (unpaired) electrons. The number of nitrogens with one attached hydrogen (secondary N) is 1. The average molecular weight is 406 g/mol. The Bertz CT molecular complexity index is 1300. The summed E-state index contributed by atoms with van der Waals surface area (Å²) in [5.74, 6) is 0.198. The van der Waals surface area contributed by atoms with E-state index in [9.17, 15) is 15.0 Å². The first-order valence-corrected chi connectivity index (χ1v) is 9.93. The molecule has 3 N–H and O–H groups in total. The minimum absolute atomic E-state index is 0.0145. The molecule has 2 aromatic heterocycles. The third kappa shape index (κ3) is 3.16. The van der Waals surface area contributed by atoms with Gasteiger partial charge in [0.1, 0.15) is 11.5 Å². The van der Waals surface area contributed by atoms with Crippen LogP contribution in [0.4, 0.5) is 0 Å². The fraction of sp³-hybridized carbons (Fsp3) is 0.304. The van der Waals surface area contributed by atoms with Gasteiger partial charge < -0.3 is 14.8 Å². The second-order valence-corrected chi connectivity index (χ2v) is 8.87. The molecule has 4 rings (SSSR count). The number of H-pyrrole nitrogens is 1. The van der Waals surface area contributed by atoms with Gasteiger partial charge in [0.05, 0.1) is 11.3 Å². The lowest BCUT2D eigenvalue weighted by Crippen LogP contribution is -2.20. The molecule has 0 spiro atoms. The van der Waals surface area contributed by atoms with Crippen LogP contribution in [0, 0.1) is 0 Å². The van der Waals surface area contributed by atoms with Gasteiger partial charge in [-0.1, -0.05) is 13.8 Å². The lowest BCUT2D eigenvalue weighted by atomic mass is 9.98. The van der Waals surface area contributed by atoms with Gasteiger partial charge in [0.25, 0.3) is 0 Å². The predicted molar refractivity (Wildman–Crippen MR) is 118 cm³/mol. The summed E-state index contributed by atoms with van der Waals surface area (Å²) in [6, 6.07) is 10.8. The summed E-state index contributed by atoms with van der Waals surface area (Å²) in [5, 5.41) is 28.3. The smallest absolute Gasteiger partial charge is 0.348 e. The molecule has 0 fully saturated rings. The second-order valence-electron chi connectivity index (χ2n) is 8.87. The van der Waals surface area contributed by atoms with Crippen LogP contribution < -0.4 is 5.69 Å². The summed E-state index contributed by atoms with van der Waals surface area (Å²) in [5.41, 5.74) is 2.29. The number of hydrogen-bond donors (Lipinski definition) is 3. The Morgan fingerprint density at radius 1 is 1.03 bits per heavy atom. The number of phenolic OH excluding ortho intramolecular Hbond substituents is 2. The quantitative estimate of drug-likeness (QED) is 0.468. The number of fused-ring (bicyclic) bond motifs is 1. The zero-order chi connectivity index (χ0) is 21.8. The van der Waals surface area contributed by atoms with Crippen LogP contribution in [0.25, 0.3) is 28.0 Å². The Balaban J connectivity index is 1.91. The van der Waals surface area contributed by atoms with Crippen LogP contribution in [-0.4, -0.2) is 29.5 Å². The van der Waals surface area contributed by atoms with E-state index in [2.05, 4.69) is 35.5 Å². The number of phenols is 2. The molecular formula is C23H26N4O3. The van der Waals surface area contributed by atoms with Crippen LogP contribution >= 0.6 is 0 Å². The molecule has 4 aromatic rings. The monoisotopic (exact) mass is 406 g/mol. The van der Waals surface area contributed by atoms with E-state index >= 15 is 0 Å². The van der Waals surface area contributed by atoms with E-state index in [1.165, 1.54) is 10.6 Å². The largest absolute Gasteiger partial charge is 0.508 e. The maximum Gasteiger partial charge on any atom is 0.348 e. The van der Waals surface area contributed by atoms with Crippen molar-refractivity contribution in [3.05, 3.63) is 58.6 Å². The third-order valence-corrected chi connectivity index (χ3v) is 5.33. The van der Waals surface area contributed by atoms with Crippen molar-refractivity contribution in [3.8, 4) is 28.6 Å². The SMILES string of the molecule is CC(C)c1cc(-c2n[nH]c(=O)n2-c2ccc3c(ccn3C(C)(C)C)c2)c(O)cc1O. The van der Waals surface area contributed by atoms with E-state index in [-0.39, 0.29) is 28.8 Å². The molecule has 2 heterocycles. The molecule has 0 aliphatic heterocycles. The minimum atomic E-state index is -0.404. The molecule has 2 aromatic carbocycles. The van der Waals surface area contributed by atoms with Crippen molar-refractivity contribution in [1.29, 1.82) is 0 Å². The summed E-state index contributed by atoms with van der Waals surface area (Å²) >= 11 is 0. The fourth-order valence-corrected chi connectivity index (χ4v) is 3.81. The van der Waals surface area contributed by atoms with Crippen molar-refractivity contribution in [2.45, 2.75) is 46.1 Å². The van der Waals surface area contributed by atoms with Crippen LogP contribution in [0.3, 0.4) is 0 Å². The van der Waals surface area contributed by atoms with E-state index in [0.717, 1.165) is 10.9 Å². The van der Waals surface area contributed by atoms with Crippen LogP contribution in [0.2, 0.25) is 0 Å². The van der Waals surface area contributed by atoms with Crippen molar-refractivity contribution in [2.24, 2.45) is 0 Å². The number of hydrogen-bond acceptors (Lipinski definition) is 4. The van der Waals surface area contributed by atoms with Crippen molar-refractivity contribution < 1.29 is 10.2 Å². The Hall–Kier alpha value is -3.48. The van der Waals surface area contributed by atoms with Gasteiger partial charge in [-0.05, 0) is 62.6 Å². The van der Waals surface area contributed by atoms with Gasteiger partial charge in [-0.15, -0.1) is 0 Å². The third-order valence-electron chi connectivity index (χ3n) is 5.33. The summed E-state index contributed by atoms with van der Waals surface area (Å²) in [4.78, 5) is 12.6. The van der Waals surface area contributed by atoms with Crippen LogP contribution in [0.15, 0.2) is 47.4 Å². The number of rotatable bonds is 3. The number of benzene rings is 2. The molecule has 30 heavy (non-hydrogen) atoms. The lowest BCUT2D eigenvalue weighted by Gasteiger charge is -2.22. The molecule has 0 aliphatic rings. The van der Waals surface area contributed by atoms with E-state index in [0.29, 0.717) is 16.8 Å². The van der Waals surface area contributed by atoms with E-state index < -0.39 is 5.69 Å². The molecule has 0 aliphatic carbocycles. The second kappa shape index (κ2) is 6.79. The Kier molecular flexibility index (Phi) is 4.49. The molecule has 7 nitrogen and oxygen atoms in total. The molecule has 0 unspecified atom stereocenters. The minimum Gasteiger partial charge on any atom is -0.508 e. The first kappa shape index (κ1) is 19.8. The highest BCUT2D eigenvalue weighted by Gasteiger charge is 2.20. The molecular weight excluding hydrogens is 380 g/mol. The molecule has 7 heteroatoms. The lowest BCUT2D eigenvalue weighted by molar-refractivity contribution is 0.411. The van der Waals surface area contributed by atoms with Gasteiger partial charge in [-0.2, -0.15) is 5.10 Å². The first-order valence-electron chi connectivity index (χ1n) is 9.93. The number of aromatic nitrogens is 4. The molecule has 156 valence electrons. The molecule has 0 atom stereocenters. The molecule has 0 amide bonds. The van der Waals surface area contributed by atoms with Crippen LogP contribution in [-0.2, 0) is 5.54 Å². The summed E-state index contributed by atoms with van der Waals surface area (Å²) in [6.07, 6.45) is 2.04. The van der Waals surface area contributed by atoms with Gasteiger partial charge >= 0.3 is 5.69 Å². The van der Waals surface area contributed by atoms with Gasteiger partial charge in [0, 0.05) is 28.7 Å². The molecule has 0 saturated heterocycles. The Labute approximate surface area is 174 Å². The molecule has 0 bridgehead atoms. The summed E-state index contributed by atoms with van der Waals surface area (Å²) in [6.45, 7) is 10.3. The average Bonchev–Trinajstić information content (AvgIpc) is 3.24. The first-order chi connectivity index (χ1) is 14.1. The highest BCUT2D eigenvalue weighted by molar-refractivity contribution is 5.83. The molecule has 0 saturated carbocycles. The zero-order valence-electron chi connectivity index (χ0n) is 17.8. The van der Waals surface area contributed by atoms with Crippen LogP contribution in [0.1, 0.15) is 46.1 Å². The number of aromatic amines is 1. The summed E-state index contributed by atoms with van der Waals surface area (Å²) in [7, 11) is 0. The van der Waals surface area contributed by atoms with E-state index in [1.807, 2.05) is 44.3 Å². The maximum atomic E-state index is 12.6. The summed E-state index contributed by atoms with van der Waals surface area (Å²) < 4.78 is 3.62. The fourth-order valence-electron chi connectivity index (χ4n) is 3.81. The standard InChI is InChI=1S/C23H26N4O3/c1-13(2)16-11-17(20(29)12-19(16)28)21-24-25-22(30)27(21)15-6-7-18-14(10-15)8-9-26(18)23(3,4)5/h6-13,28-29H,1-5H3,(H,25,30). The van der Waals surface area contributed by atoms with Crippen molar-refractivity contribution in [3.63, 3.8) is 0 Å². The van der Waals surface area contributed by atoms with E-state index in [1.54, 1.807) is 6.07 Å². The van der Waals surface area contributed by atoms with Gasteiger partial charge in [0.15, 0.2) is 5.82 Å². The van der Waals surface area contributed by atoms with Crippen molar-refractivity contribution in [2.75, 3.05) is 0 Å². The zero-order valence-corrected chi connectivity index (χ0v) is 17.8. The number of aromatic hydroxyl groups is 2. The Morgan fingerprint density at radius 2 is 1.77 bits per heavy atom. The maximum absolute atomic E-state index is 12.6. The Morgan fingerprint density at radius 3 is 2.43 bits per heavy atom. The normalized spacial score (nSPS) is 12.2. The highest BCUT2D eigenvalue weighted by atomic mass is 16.3. The topological polar surface area (TPSA) is 96.1 Å². The highest BCUT2D eigenvalue weighted by Crippen LogP contribution is 2.37. The van der Waals surface area contributed by atoms with Crippen molar-refractivity contribution >= 4 is 10.9 Å². The number of nitrogens with zero attached hydrogens (tertiary/aromatic N) is 3. The van der Waals surface area contributed by atoms with Gasteiger partial charge in [0.2, 0.25) is 0 Å². The van der Waals surface area contributed by atoms with E-state index in [4.69, 9.17) is 0 Å². The van der Waals surface area contributed by atoms with Gasteiger partial charge in [-0.3, -0.25) is 0 Å². The van der Waals surface area contributed by atoms with Crippen molar-refractivity contribution in [1.82, 2.24) is 19.3 Å². The van der Waals surface area contributed by atoms with Gasteiger partial charge in [-0.25, -0.2) is 14.5 Å². The predicted octanol–water partition coefficient (Wildman–Crippen LogP) is 4.47. The van der Waals surface area contributed by atoms with Crippen LogP contribution in [0.5, 0.6) is 11.5 Å².